The number of rotatable bonds is 6. The number of aliphatic imine (C=N–C) groups is 1. The summed E-state index contributed by atoms with van der Waals surface area (Å²) in [6.45, 7) is 1.56. The molecule has 5 heteroatoms. The summed E-state index contributed by atoms with van der Waals surface area (Å²) in [7, 11) is 0. The summed E-state index contributed by atoms with van der Waals surface area (Å²) < 4.78 is 5.37. The van der Waals surface area contributed by atoms with Crippen molar-refractivity contribution >= 4 is 17.3 Å². The standard InChI is InChI=1S/C17H23N3OS/c1-2-5-15(4-1)20-17(19-12-14-8-11-22-13-14)18-9-7-16-6-3-10-21-16/h3,6,8,10-11,13,15H,1-2,4-5,7,9,12H2,(H2,18,19,20). The van der Waals surface area contributed by atoms with Crippen LogP contribution >= 0.6 is 11.3 Å². The van der Waals surface area contributed by atoms with Crippen LogP contribution in [0.3, 0.4) is 0 Å². The van der Waals surface area contributed by atoms with Gasteiger partial charge in [0.05, 0.1) is 12.8 Å². The van der Waals surface area contributed by atoms with E-state index in [0.29, 0.717) is 6.04 Å². The zero-order chi connectivity index (χ0) is 15.0. The Bertz CT molecular complexity index is 557. The summed E-state index contributed by atoms with van der Waals surface area (Å²) >= 11 is 1.72. The molecule has 22 heavy (non-hydrogen) atoms. The van der Waals surface area contributed by atoms with E-state index in [9.17, 15) is 0 Å². The van der Waals surface area contributed by atoms with Crippen LogP contribution in [0.5, 0.6) is 0 Å². The third kappa shape index (κ3) is 4.63. The maximum atomic E-state index is 5.37. The van der Waals surface area contributed by atoms with Crippen molar-refractivity contribution in [3.05, 3.63) is 46.5 Å². The van der Waals surface area contributed by atoms with E-state index in [1.165, 1.54) is 31.2 Å². The molecular formula is C17H23N3OS. The fourth-order valence-corrected chi connectivity index (χ4v) is 3.39. The Hall–Kier alpha value is -1.75. The van der Waals surface area contributed by atoms with Gasteiger partial charge in [-0.1, -0.05) is 12.8 Å². The molecule has 0 amide bonds. The largest absolute Gasteiger partial charge is 0.469 e. The molecule has 0 bridgehead atoms. The second-order valence-corrected chi connectivity index (χ2v) is 6.46. The van der Waals surface area contributed by atoms with Crippen LogP contribution in [-0.2, 0) is 13.0 Å². The molecule has 4 nitrogen and oxygen atoms in total. The molecule has 1 saturated carbocycles. The highest BCUT2D eigenvalue weighted by molar-refractivity contribution is 7.07. The monoisotopic (exact) mass is 317 g/mol. The molecule has 1 aliphatic carbocycles. The van der Waals surface area contributed by atoms with Crippen LogP contribution in [0.1, 0.15) is 37.0 Å². The van der Waals surface area contributed by atoms with Crippen molar-refractivity contribution in [1.82, 2.24) is 10.6 Å². The molecule has 0 radical (unpaired) electrons. The molecule has 0 aliphatic heterocycles. The van der Waals surface area contributed by atoms with Crippen molar-refractivity contribution < 1.29 is 4.42 Å². The van der Waals surface area contributed by atoms with Gasteiger partial charge in [-0.3, -0.25) is 0 Å². The maximum absolute atomic E-state index is 5.37. The van der Waals surface area contributed by atoms with Gasteiger partial charge >= 0.3 is 0 Å². The Morgan fingerprint density at radius 3 is 2.95 bits per heavy atom. The molecule has 118 valence electrons. The van der Waals surface area contributed by atoms with Crippen molar-refractivity contribution in [2.75, 3.05) is 6.54 Å². The van der Waals surface area contributed by atoms with E-state index in [2.05, 4.69) is 27.5 Å². The Labute approximate surface area is 135 Å². The minimum Gasteiger partial charge on any atom is -0.469 e. The molecular weight excluding hydrogens is 294 g/mol. The number of hydrogen-bond acceptors (Lipinski definition) is 3. The summed E-state index contributed by atoms with van der Waals surface area (Å²) in [6.07, 6.45) is 7.73. The number of nitrogens with zero attached hydrogens (tertiary/aromatic N) is 1. The lowest BCUT2D eigenvalue weighted by Crippen LogP contribution is -2.43. The number of guanidine groups is 1. The fourth-order valence-electron chi connectivity index (χ4n) is 2.73. The lowest BCUT2D eigenvalue weighted by Gasteiger charge is -2.17. The van der Waals surface area contributed by atoms with E-state index >= 15 is 0 Å². The highest BCUT2D eigenvalue weighted by Gasteiger charge is 2.16. The van der Waals surface area contributed by atoms with Crippen LogP contribution in [-0.4, -0.2) is 18.5 Å². The number of thiophene rings is 1. The van der Waals surface area contributed by atoms with E-state index in [4.69, 9.17) is 9.41 Å². The SMILES string of the molecule is c1coc(CCNC(=NCc2ccsc2)NC2CCCC2)c1. The van der Waals surface area contributed by atoms with Crippen molar-refractivity contribution in [1.29, 1.82) is 0 Å². The molecule has 0 unspecified atom stereocenters. The molecule has 2 N–H and O–H groups in total. The average Bonchev–Trinajstić information content (AvgIpc) is 3.28. The Morgan fingerprint density at radius 2 is 2.23 bits per heavy atom. The first-order valence-corrected chi connectivity index (χ1v) is 8.93. The topological polar surface area (TPSA) is 49.6 Å². The van der Waals surface area contributed by atoms with Gasteiger partial charge in [0.1, 0.15) is 5.76 Å². The van der Waals surface area contributed by atoms with Gasteiger partial charge in [0.15, 0.2) is 5.96 Å². The third-order valence-electron chi connectivity index (χ3n) is 3.94. The third-order valence-corrected chi connectivity index (χ3v) is 4.67. The maximum Gasteiger partial charge on any atom is 0.191 e. The molecule has 2 aromatic rings. The van der Waals surface area contributed by atoms with Crippen LogP contribution in [0.4, 0.5) is 0 Å². The lowest BCUT2D eigenvalue weighted by molar-refractivity contribution is 0.506. The van der Waals surface area contributed by atoms with Crippen LogP contribution in [0.2, 0.25) is 0 Å². The highest BCUT2D eigenvalue weighted by Crippen LogP contribution is 2.17. The van der Waals surface area contributed by atoms with Crippen molar-refractivity contribution in [2.45, 2.75) is 44.7 Å². The molecule has 2 aromatic heterocycles. The average molecular weight is 317 g/mol. The number of hydrogen-bond donors (Lipinski definition) is 2. The molecule has 0 atom stereocenters. The minimum atomic E-state index is 0.567. The summed E-state index contributed by atoms with van der Waals surface area (Å²) in [4.78, 5) is 4.72. The lowest BCUT2D eigenvalue weighted by atomic mass is 10.2. The van der Waals surface area contributed by atoms with Gasteiger partial charge in [0, 0.05) is 19.0 Å². The van der Waals surface area contributed by atoms with Crippen LogP contribution in [0.15, 0.2) is 44.6 Å². The molecule has 1 fully saturated rings. The molecule has 0 saturated heterocycles. The van der Waals surface area contributed by atoms with Crippen molar-refractivity contribution in [3.63, 3.8) is 0 Å². The van der Waals surface area contributed by atoms with Crippen molar-refractivity contribution in [3.8, 4) is 0 Å². The Kier molecular flexibility index (Phi) is 5.54. The molecule has 0 aromatic carbocycles. The number of furan rings is 1. The van der Waals surface area contributed by atoms with Gasteiger partial charge in [0.2, 0.25) is 0 Å². The van der Waals surface area contributed by atoms with Crippen molar-refractivity contribution in [2.24, 2.45) is 4.99 Å². The van der Waals surface area contributed by atoms with Gasteiger partial charge in [-0.2, -0.15) is 11.3 Å². The molecule has 2 heterocycles. The Morgan fingerprint density at radius 1 is 1.32 bits per heavy atom. The summed E-state index contributed by atoms with van der Waals surface area (Å²) in [5.41, 5.74) is 1.27. The van der Waals surface area contributed by atoms with E-state index in [1.807, 2.05) is 12.1 Å². The first kappa shape index (κ1) is 15.2. The smallest absolute Gasteiger partial charge is 0.191 e. The van der Waals surface area contributed by atoms with Gasteiger partial charge < -0.3 is 15.1 Å². The zero-order valence-electron chi connectivity index (χ0n) is 12.8. The fraction of sp³-hybridized carbons (Fsp3) is 0.471. The highest BCUT2D eigenvalue weighted by atomic mass is 32.1. The predicted octanol–water partition coefficient (Wildman–Crippen LogP) is 3.56. The summed E-state index contributed by atoms with van der Waals surface area (Å²) in [6, 6.07) is 6.63. The molecule has 0 spiro atoms. The number of nitrogens with one attached hydrogen (secondary N) is 2. The predicted molar refractivity (Wildman–Crippen MR) is 91.3 cm³/mol. The zero-order valence-corrected chi connectivity index (χ0v) is 13.6. The van der Waals surface area contributed by atoms with E-state index < -0.39 is 0 Å². The molecule has 1 aliphatic rings. The first-order chi connectivity index (χ1) is 10.9. The van der Waals surface area contributed by atoms with Crippen LogP contribution in [0.25, 0.3) is 0 Å². The Balaban J connectivity index is 1.53. The summed E-state index contributed by atoms with van der Waals surface area (Å²) in [5, 5.41) is 11.2. The van der Waals surface area contributed by atoms with Crippen LogP contribution in [0, 0.1) is 0 Å². The summed E-state index contributed by atoms with van der Waals surface area (Å²) in [5.74, 6) is 1.93. The quantitative estimate of drug-likeness (QED) is 0.632. The van der Waals surface area contributed by atoms with Gasteiger partial charge in [-0.05, 0) is 47.4 Å². The van der Waals surface area contributed by atoms with Crippen LogP contribution < -0.4 is 10.6 Å². The van der Waals surface area contributed by atoms with E-state index in [0.717, 1.165) is 31.2 Å². The van der Waals surface area contributed by atoms with Gasteiger partial charge in [0.25, 0.3) is 0 Å². The second kappa shape index (κ2) is 8.03. The minimum absolute atomic E-state index is 0.567. The van der Waals surface area contributed by atoms with E-state index in [-0.39, 0.29) is 0 Å². The van der Waals surface area contributed by atoms with Gasteiger partial charge in [-0.15, -0.1) is 0 Å². The van der Waals surface area contributed by atoms with Gasteiger partial charge in [-0.25, -0.2) is 4.99 Å². The second-order valence-electron chi connectivity index (χ2n) is 5.68. The first-order valence-electron chi connectivity index (χ1n) is 7.98. The normalized spacial score (nSPS) is 16.1. The van der Waals surface area contributed by atoms with E-state index in [1.54, 1.807) is 17.6 Å². The molecule has 3 rings (SSSR count).